The second-order valence-corrected chi connectivity index (χ2v) is 6.75. The van der Waals surface area contributed by atoms with Gasteiger partial charge in [-0.3, -0.25) is 0 Å². The van der Waals surface area contributed by atoms with Crippen LogP contribution >= 0.6 is 11.3 Å². The number of aryl methyl sites for hydroxylation is 2. The van der Waals surface area contributed by atoms with Crippen molar-refractivity contribution >= 4 is 11.3 Å². The molecule has 0 radical (unpaired) electrons. The van der Waals surface area contributed by atoms with E-state index in [4.69, 9.17) is 0 Å². The second kappa shape index (κ2) is 5.06. The van der Waals surface area contributed by atoms with E-state index in [0.717, 1.165) is 23.5 Å². The molecular formula is C16H19NOS. The van der Waals surface area contributed by atoms with Crippen molar-refractivity contribution in [1.29, 1.82) is 0 Å². The summed E-state index contributed by atoms with van der Waals surface area (Å²) in [5, 5.41) is 11.5. The van der Waals surface area contributed by atoms with Crippen LogP contribution in [0.25, 0.3) is 0 Å². The monoisotopic (exact) mass is 273 g/mol. The zero-order chi connectivity index (χ0) is 13.4. The molecule has 2 nitrogen and oxygen atoms in total. The first-order valence-electron chi connectivity index (χ1n) is 6.81. The number of aliphatic hydroxyl groups excluding tert-OH is 1. The molecule has 1 N–H and O–H groups in total. The van der Waals surface area contributed by atoms with Gasteiger partial charge in [0.05, 0.1) is 16.8 Å². The van der Waals surface area contributed by atoms with Gasteiger partial charge < -0.3 is 5.11 Å². The maximum absolute atomic E-state index is 10.4. The number of benzene rings is 1. The molecule has 1 aromatic heterocycles. The Morgan fingerprint density at radius 3 is 2.42 bits per heavy atom. The summed E-state index contributed by atoms with van der Waals surface area (Å²) in [4.78, 5) is 5.79. The quantitative estimate of drug-likeness (QED) is 0.932. The number of aliphatic hydroxyl groups is 1. The fraction of sp³-hybridized carbons (Fsp3) is 0.438. The predicted molar refractivity (Wildman–Crippen MR) is 78.6 cm³/mol. The Bertz CT molecular complexity index is 546. The summed E-state index contributed by atoms with van der Waals surface area (Å²) in [5.74, 6) is 0.349. The minimum absolute atomic E-state index is 0.280. The largest absolute Gasteiger partial charge is 0.392 e. The van der Waals surface area contributed by atoms with Crippen molar-refractivity contribution in [2.75, 3.05) is 0 Å². The van der Waals surface area contributed by atoms with Gasteiger partial charge in [-0.2, -0.15) is 0 Å². The van der Waals surface area contributed by atoms with Crippen LogP contribution in [0.5, 0.6) is 0 Å². The van der Waals surface area contributed by atoms with Gasteiger partial charge in [0.25, 0.3) is 0 Å². The topological polar surface area (TPSA) is 33.1 Å². The third kappa shape index (κ3) is 2.58. The number of hydrogen-bond donors (Lipinski definition) is 1. The van der Waals surface area contributed by atoms with Crippen LogP contribution in [0.3, 0.4) is 0 Å². The van der Waals surface area contributed by atoms with Gasteiger partial charge in [0.1, 0.15) is 0 Å². The fourth-order valence-corrected chi connectivity index (χ4v) is 3.82. The summed E-state index contributed by atoms with van der Waals surface area (Å²) in [6.45, 7) is 4.13. The van der Waals surface area contributed by atoms with Crippen LogP contribution in [0, 0.1) is 19.8 Å². The molecule has 0 bridgehead atoms. The number of rotatable bonds is 3. The van der Waals surface area contributed by atoms with Gasteiger partial charge >= 0.3 is 0 Å². The van der Waals surface area contributed by atoms with Crippen LogP contribution in [0.1, 0.15) is 26.7 Å². The summed E-state index contributed by atoms with van der Waals surface area (Å²) >= 11 is 1.71. The summed E-state index contributed by atoms with van der Waals surface area (Å²) in [7, 11) is 0. The van der Waals surface area contributed by atoms with Gasteiger partial charge in [-0.25, -0.2) is 4.98 Å². The molecule has 0 aliphatic heterocycles. The molecule has 1 heterocycles. The maximum atomic E-state index is 10.4. The average molecular weight is 273 g/mol. The molecular weight excluding hydrogens is 254 g/mol. The minimum atomic E-state index is -0.280. The minimum Gasteiger partial charge on any atom is -0.392 e. The van der Waals surface area contributed by atoms with Crippen molar-refractivity contribution in [3.05, 3.63) is 51.0 Å². The molecule has 1 aliphatic rings. The Morgan fingerprint density at radius 2 is 1.89 bits per heavy atom. The van der Waals surface area contributed by atoms with E-state index in [1.807, 2.05) is 6.92 Å². The van der Waals surface area contributed by atoms with Crippen LogP contribution in [0.2, 0.25) is 0 Å². The first-order valence-corrected chi connectivity index (χ1v) is 7.63. The lowest BCUT2D eigenvalue weighted by molar-refractivity contribution is 0.112. The maximum Gasteiger partial charge on any atom is 0.0956 e. The van der Waals surface area contributed by atoms with Crippen molar-refractivity contribution in [3.8, 4) is 0 Å². The fourth-order valence-electron chi connectivity index (χ4n) is 2.84. The lowest BCUT2D eigenvalue weighted by Gasteiger charge is -2.16. The molecule has 1 unspecified atom stereocenters. The van der Waals surface area contributed by atoms with E-state index in [2.05, 4.69) is 36.2 Å². The van der Waals surface area contributed by atoms with Crippen molar-refractivity contribution in [1.82, 2.24) is 4.98 Å². The Kier molecular flexibility index (Phi) is 3.42. The van der Waals surface area contributed by atoms with Gasteiger partial charge in [-0.1, -0.05) is 24.3 Å². The van der Waals surface area contributed by atoms with Crippen LogP contribution < -0.4 is 0 Å². The van der Waals surface area contributed by atoms with Gasteiger partial charge in [0.15, 0.2) is 0 Å². The molecule has 1 aromatic carbocycles. The summed E-state index contributed by atoms with van der Waals surface area (Å²) < 4.78 is 0. The Morgan fingerprint density at radius 1 is 1.26 bits per heavy atom. The molecule has 1 atom stereocenters. The van der Waals surface area contributed by atoms with Crippen LogP contribution in [0.15, 0.2) is 24.3 Å². The average Bonchev–Trinajstić information content (AvgIpc) is 2.93. The molecule has 2 aromatic rings. The Hall–Kier alpha value is -1.19. The molecule has 1 aliphatic carbocycles. The smallest absolute Gasteiger partial charge is 0.0956 e. The van der Waals surface area contributed by atoms with E-state index in [9.17, 15) is 5.11 Å². The normalized spacial score (nSPS) is 16.6. The Labute approximate surface area is 118 Å². The van der Waals surface area contributed by atoms with Crippen molar-refractivity contribution in [2.45, 2.75) is 39.2 Å². The van der Waals surface area contributed by atoms with Gasteiger partial charge in [0.2, 0.25) is 0 Å². The lowest BCUT2D eigenvalue weighted by atomic mass is 9.97. The van der Waals surface area contributed by atoms with Crippen LogP contribution in [-0.4, -0.2) is 16.2 Å². The summed E-state index contributed by atoms with van der Waals surface area (Å²) in [5.41, 5.74) is 3.90. The van der Waals surface area contributed by atoms with Gasteiger partial charge in [0, 0.05) is 11.3 Å². The Balaban J connectivity index is 1.68. The zero-order valence-corrected chi connectivity index (χ0v) is 12.2. The van der Waals surface area contributed by atoms with Gasteiger partial charge in [-0.15, -0.1) is 11.3 Å². The number of thiazole rings is 1. The van der Waals surface area contributed by atoms with Gasteiger partial charge in [-0.05, 0) is 43.7 Å². The standard InChI is InChI=1S/C16H19NOS/c1-10-11(2)19-16(17-10)9-15(18)14-7-12-5-3-4-6-13(12)8-14/h3-6,14-15,18H,7-9H2,1-2H3. The molecule has 3 heteroatoms. The number of hydrogen-bond acceptors (Lipinski definition) is 3. The molecule has 19 heavy (non-hydrogen) atoms. The molecule has 0 saturated carbocycles. The third-order valence-electron chi connectivity index (χ3n) is 4.08. The SMILES string of the molecule is Cc1nc(CC(O)C2Cc3ccccc3C2)sc1C. The predicted octanol–water partition coefficient (Wildman–Crippen LogP) is 3.08. The highest BCUT2D eigenvalue weighted by Gasteiger charge is 2.27. The van der Waals surface area contributed by atoms with Crippen molar-refractivity contribution in [2.24, 2.45) is 5.92 Å². The summed E-state index contributed by atoms with van der Waals surface area (Å²) in [6, 6.07) is 8.53. The van der Waals surface area contributed by atoms with Crippen molar-refractivity contribution < 1.29 is 5.11 Å². The van der Waals surface area contributed by atoms with E-state index in [1.54, 1.807) is 11.3 Å². The number of aromatic nitrogens is 1. The molecule has 0 amide bonds. The van der Waals surface area contributed by atoms with E-state index in [-0.39, 0.29) is 6.10 Å². The van der Waals surface area contributed by atoms with E-state index < -0.39 is 0 Å². The van der Waals surface area contributed by atoms with Crippen LogP contribution in [0.4, 0.5) is 0 Å². The zero-order valence-electron chi connectivity index (χ0n) is 11.4. The molecule has 100 valence electrons. The molecule has 0 spiro atoms. The highest BCUT2D eigenvalue weighted by molar-refractivity contribution is 7.11. The molecule has 3 rings (SSSR count). The lowest BCUT2D eigenvalue weighted by Crippen LogP contribution is -2.23. The van der Waals surface area contributed by atoms with E-state index in [1.165, 1.54) is 16.0 Å². The molecule has 0 saturated heterocycles. The number of nitrogens with zero attached hydrogens (tertiary/aromatic N) is 1. The first kappa shape index (κ1) is 12.8. The highest BCUT2D eigenvalue weighted by atomic mass is 32.1. The van der Waals surface area contributed by atoms with Crippen molar-refractivity contribution in [3.63, 3.8) is 0 Å². The second-order valence-electron chi connectivity index (χ2n) is 5.46. The molecule has 0 fully saturated rings. The van der Waals surface area contributed by atoms with Crippen LogP contribution in [-0.2, 0) is 19.3 Å². The van der Waals surface area contributed by atoms with E-state index >= 15 is 0 Å². The highest BCUT2D eigenvalue weighted by Crippen LogP contribution is 2.30. The number of fused-ring (bicyclic) bond motifs is 1. The third-order valence-corrected chi connectivity index (χ3v) is 5.18. The van der Waals surface area contributed by atoms with E-state index in [0.29, 0.717) is 12.3 Å². The summed E-state index contributed by atoms with van der Waals surface area (Å²) in [6.07, 6.45) is 2.41. The first-order chi connectivity index (χ1) is 9.13.